The van der Waals surface area contributed by atoms with Crippen LogP contribution in [0.2, 0.25) is 0 Å². The van der Waals surface area contributed by atoms with Crippen LogP contribution in [0.4, 0.5) is 5.69 Å². The highest BCUT2D eigenvalue weighted by atomic mass is 16.1. The number of H-pyrrole nitrogens is 1. The number of carbonyl (C=O) groups excluding carboxylic acids is 1. The number of benzene rings is 3. The minimum Gasteiger partial charge on any atom is -0.320 e. The lowest BCUT2D eigenvalue weighted by molar-refractivity contribution is 0.102. The third kappa shape index (κ3) is 2.86. The third-order valence-electron chi connectivity index (χ3n) is 4.74. The van der Waals surface area contributed by atoms with Crippen LogP contribution in [0.5, 0.6) is 0 Å². The Morgan fingerprint density at radius 3 is 2.62 bits per heavy atom. The summed E-state index contributed by atoms with van der Waals surface area (Å²) in [5, 5.41) is 11.7. The topological polar surface area (TPSA) is 57.8 Å². The van der Waals surface area contributed by atoms with Gasteiger partial charge in [0.2, 0.25) is 0 Å². The maximum absolute atomic E-state index is 12.3. The highest BCUT2D eigenvalue weighted by Crippen LogP contribution is 2.31. The van der Waals surface area contributed by atoms with Gasteiger partial charge in [-0.3, -0.25) is 9.89 Å². The van der Waals surface area contributed by atoms with Gasteiger partial charge in [0.05, 0.1) is 0 Å². The molecule has 0 spiro atoms. The average molecular weight is 341 g/mol. The van der Waals surface area contributed by atoms with Gasteiger partial charge in [-0.05, 0) is 65.1 Å². The molecule has 3 aromatic carbocycles. The van der Waals surface area contributed by atoms with Crippen LogP contribution in [0.25, 0.3) is 21.9 Å². The van der Waals surface area contributed by atoms with E-state index in [0.717, 1.165) is 22.0 Å². The van der Waals surface area contributed by atoms with E-state index in [2.05, 4.69) is 64.9 Å². The quantitative estimate of drug-likeness (QED) is 0.545. The van der Waals surface area contributed by atoms with Crippen molar-refractivity contribution in [2.24, 2.45) is 0 Å². The second kappa shape index (κ2) is 6.48. The number of aromatic amines is 1. The molecule has 0 fully saturated rings. The van der Waals surface area contributed by atoms with Gasteiger partial charge >= 0.3 is 0 Å². The number of hydrogen-bond acceptors (Lipinski definition) is 2. The van der Waals surface area contributed by atoms with Gasteiger partial charge in [-0.15, -0.1) is 0 Å². The summed E-state index contributed by atoms with van der Waals surface area (Å²) in [7, 11) is 0. The van der Waals surface area contributed by atoms with Crippen LogP contribution >= 0.6 is 0 Å². The second-order valence-electron chi connectivity index (χ2n) is 6.41. The second-order valence-corrected chi connectivity index (χ2v) is 6.41. The third-order valence-corrected chi connectivity index (χ3v) is 4.74. The maximum Gasteiger partial charge on any atom is 0.273 e. The molecule has 0 saturated carbocycles. The molecule has 2 N–H and O–H groups in total. The molecule has 4 heteroatoms. The number of anilines is 1. The zero-order valence-corrected chi connectivity index (χ0v) is 14.7. The summed E-state index contributed by atoms with van der Waals surface area (Å²) in [5.41, 5.74) is 5.99. The molecule has 0 unspecified atom stereocenters. The van der Waals surface area contributed by atoms with Crippen molar-refractivity contribution >= 4 is 22.4 Å². The summed E-state index contributed by atoms with van der Waals surface area (Å²) < 4.78 is 0. The van der Waals surface area contributed by atoms with Crippen molar-refractivity contribution in [1.82, 2.24) is 10.2 Å². The average Bonchev–Trinajstić information content (AvgIpc) is 3.19. The summed E-state index contributed by atoms with van der Waals surface area (Å²) in [4.78, 5) is 12.3. The lowest BCUT2D eigenvalue weighted by Crippen LogP contribution is -2.13. The van der Waals surface area contributed by atoms with E-state index in [1.165, 1.54) is 16.7 Å². The zero-order valence-electron chi connectivity index (χ0n) is 14.7. The van der Waals surface area contributed by atoms with Crippen LogP contribution in [0.3, 0.4) is 0 Å². The first-order valence-electron chi connectivity index (χ1n) is 8.53. The van der Waals surface area contributed by atoms with Crippen LogP contribution in [0.1, 0.15) is 21.6 Å². The largest absolute Gasteiger partial charge is 0.320 e. The van der Waals surface area contributed by atoms with E-state index in [4.69, 9.17) is 0 Å². The molecule has 4 rings (SSSR count). The lowest BCUT2D eigenvalue weighted by atomic mass is 9.96. The number of rotatable bonds is 3. The summed E-state index contributed by atoms with van der Waals surface area (Å²) in [6, 6.07) is 20.5. The molecule has 26 heavy (non-hydrogen) atoms. The van der Waals surface area contributed by atoms with Crippen molar-refractivity contribution in [3.63, 3.8) is 0 Å². The first-order chi connectivity index (χ1) is 12.6. The minimum absolute atomic E-state index is 0.193. The van der Waals surface area contributed by atoms with Gasteiger partial charge in [-0.25, -0.2) is 0 Å². The van der Waals surface area contributed by atoms with Crippen molar-refractivity contribution in [3.8, 4) is 11.1 Å². The number of aromatic nitrogens is 2. The smallest absolute Gasteiger partial charge is 0.273 e. The number of fused-ring (bicyclic) bond motifs is 1. The summed E-state index contributed by atoms with van der Waals surface area (Å²) in [5.74, 6) is -0.193. The van der Waals surface area contributed by atoms with E-state index < -0.39 is 0 Å². The van der Waals surface area contributed by atoms with Gasteiger partial charge in [-0.1, -0.05) is 42.5 Å². The molecule has 4 nitrogen and oxygen atoms in total. The van der Waals surface area contributed by atoms with E-state index in [0.29, 0.717) is 5.69 Å². The number of hydrogen-bond donors (Lipinski definition) is 2. The van der Waals surface area contributed by atoms with Gasteiger partial charge in [0.1, 0.15) is 5.69 Å². The van der Waals surface area contributed by atoms with E-state index >= 15 is 0 Å². The fraction of sp³-hybridized carbons (Fsp3) is 0.0909. The highest BCUT2D eigenvalue weighted by molar-refractivity contribution is 6.05. The fourth-order valence-corrected chi connectivity index (χ4v) is 3.26. The Morgan fingerprint density at radius 1 is 1.00 bits per heavy atom. The van der Waals surface area contributed by atoms with Gasteiger partial charge in [0.25, 0.3) is 5.91 Å². The molecule has 0 aliphatic heterocycles. The van der Waals surface area contributed by atoms with Gasteiger partial charge in [-0.2, -0.15) is 5.10 Å². The SMILES string of the molecule is Cc1ccccc1-c1ccc2c(C)c(NC(=O)c3ccn[nH]3)ccc2c1. The molecule has 0 atom stereocenters. The molecule has 1 heterocycles. The molecule has 1 aromatic heterocycles. The predicted molar refractivity (Wildman–Crippen MR) is 105 cm³/mol. The highest BCUT2D eigenvalue weighted by Gasteiger charge is 2.11. The predicted octanol–water partition coefficient (Wildman–Crippen LogP) is 5.10. The first-order valence-corrected chi connectivity index (χ1v) is 8.53. The van der Waals surface area contributed by atoms with E-state index in [-0.39, 0.29) is 5.91 Å². The summed E-state index contributed by atoms with van der Waals surface area (Å²) in [6.07, 6.45) is 1.56. The van der Waals surface area contributed by atoms with E-state index in [1.807, 2.05) is 19.1 Å². The Labute approximate surface area is 151 Å². The Balaban J connectivity index is 1.71. The first kappa shape index (κ1) is 16.1. The number of aryl methyl sites for hydroxylation is 2. The normalized spacial score (nSPS) is 10.8. The van der Waals surface area contributed by atoms with Crippen LogP contribution in [0.15, 0.2) is 66.9 Å². The molecule has 0 bridgehead atoms. The number of nitrogens with one attached hydrogen (secondary N) is 2. The van der Waals surface area contributed by atoms with Gasteiger partial charge < -0.3 is 5.32 Å². The lowest BCUT2D eigenvalue weighted by Gasteiger charge is -2.12. The van der Waals surface area contributed by atoms with Crippen molar-refractivity contribution in [3.05, 3.63) is 83.7 Å². The van der Waals surface area contributed by atoms with Crippen molar-refractivity contribution in [2.45, 2.75) is 13.8 Å². The molecular formula is C22H19N3O. The van der Waals surface area contributed by atoms with Crippen molar-refractivity contribution in [2.75, 3.05) is 5.32 Å². The molecular weight excluding hydrogens is 322 g/mol. The van der Waals surface area contributed by atoms with Gasteiger partial charge in [0.15, 0.2) is 0 Å². The van der Waals surface area contributed by atoms with E-state index in [9.17, 15) is 4.79 Å². The zero-order chi connectivity index (χ0) is 18.1. The maximum atomic E-state index is 12.3. The fourth-order valence-electron chi connectivity index (χ4n) is 3.26. The van der Waals surface area contributed by atoms with Crippen LogP contribution in [-0.4, -0.2) is 16.1 Å². The van der Waals surface area contributed by atoms with Crippen molar-refractivity contribution < 1.29 is 4.79 Å². The summed E-state index contributed by atoms with van der Waals surface area (Å²) in [6.45, 7) is 4.15. The molecule has 1 amide bonds. The van der Waals surface area contributed by atoms with Crippen LogP contribution in [-0.2, 0) is 0 Å². The van der Waals surface area contributed by atoms with Crippen molar-refractivity contribution in [1.29, 1.82) is 0 Å². The number of nitrogens with zero attached hydrogens (tertiary/aromatic N) is 1. The molecule has 0 aliphatic rings. The molecule has 0 saturated heterocycles. The Kier molecular flexibility index (Phi) is 4.01. The number of amides is 1. The monoisotopic (exact) mass is 341 g/mol. The molecule has 0 aliphatic carbocycles. The van der Waals surface area contributed by atoms with Crippen LogP contribution < -0.4 is 5.32 Å². The Hall–Kier alpha value is -3.40. The Bertz CT molecular complexity index is 1100. The van der Waals surface area contributed by atoms with Crippen LogP contribution in [0, 0.1) is 13.8 Å². The Morgan fingerprint density at radius 2 is 1.85 bits per heavy atom. The molecule has 4 aromatic rings. The molecule has 0 radical (unpaired) electrons. The standard InChI is InChI=1S/C22H19N3O/c1-14-5-3-4-6-18(14)16-7-9-19-15(2)20(10-8-17(19)13-16)24-22(26)21-11-12-23-25-21/h3-13H,1-2H3,(H,23,25)(H,24,26). The number of carbonyl (C=O) groups is 1. The van der Waals surface area contributed by atoms with E-state index in [1.54, 1.807) is 12.3 Å². The molecule has 128 valence electrons. The van der Waals surface area contributed by atoms with Gasteiger partial charge in [0, 0.05) is 11.9 Å². The summed E-state index contributed by atoms with van der Waals surface area (Å²) >= 11 is 0. The minimum atomic E-state index is -0.193.